The standard InChI is InChI=1S/C11H18N4/c1-8-7-15(9(2)6-14-8)11-10(3)12-4-5-13-11/h4-5,8-9,14H,6-7H2,1-3H3. The number of aromatic nitrogens is 2. The van der Waals surface area contributed by atoms with Gasteiger partial charge in [0.15, 0.2) is 0 Å². The summed E-state index contributed by atoms with van der Waals surface area (Å²) in [4.78, 5) is 11.0. The molecule has 2 heterocycles. The van der Waals surface area contributed by atoms with Gasteiger partial charge in [0.05, 0.1) is 5.69 Å². The molecule has 0 saturated carbocycles. The molecule has 1 N–H and O–H groups in total. The van der Waals surface area contributed by atoms with Crippen LogP contribution in [-0.4, -0.2) is 35.1 Å². The summed E-state index contributed by atoms with van der Waals surface area (Å²) in [5.74, 6) is 1.03. The van der Waals surface area contributed by atoms with Crippen LogP contribution in [0.2, 0.25) is 0 Å². The normalized spacial score (nSPS) is 26.7. The molecule has 15 heavy (non-hydrogen) atoms. The molecule has 2 unspecified atom stereocenters. The number of hydrogen-bond acceptors (Lipinski definition) is 4. The van der Waals surface area contributed by atoms with Gasteiger partial charge in [-0.2, -0.15) is 0 Å². The maximum Gasteiger partial charge on any atom is 0.150 e. The Hall–Kier alpha value is -1.16. The average molecular weight is 206 g/mol. The lowest BCUT2D eigenvalue weighted by molar-refractivity contribution is 0.421. The van der Waals surface area contributed by atoms with Crippen LogP contribution < -0.4 is 10.2 Å². The first kappa shape index (κ1) is 10.4. The van der Waals surface area contributed by atoms with Crippen molar-refractivity contribution in [2.75, 3.05) is 18.0 Å². The Balaban J connectivity index is 2.25. The number of hydrogen-bond donors (Lipinski definition) is 1. The highest BCUT2D eigenvalue weighted by Gasteiger charge is 2.24. The molecule has 1 aliphatic rings. The van der Waals surface area contributed by atoms with Gasteiger partial charge in [0, 0.05) is 37.6 Å². The van der Waals surface area contributed by atoms with Gasteiger partial charge in [-0.05, 0) is 20.8 Å². The molecule has 1 saturated heterocycles. The van der Waals surface area contributed by atoms with Gasteiger partial charge in [0.1, 0.15) is 5.82 Å². The van der Waals surface area contributed by atoms with Crippen molar-refractivity contribution in [3.63, 3.8) is 0 Å². The van der Waals surface area contributed by atoms with Crippen molar-refractivity contribution in [2.45, 2.75) is 32.9 Å². The average Bonchev–Trinajstić information content (AvgIpc) is 2.23. The minimum atomic E-state index is 0.483. The molecule has 0 aliphatic carbocycles. The van der Waals surface area contributed by atoms with Gasteiger partial charge in [-0.15, -0.1) is 0 Å². The van der Waals surface area contributed by atoms with Crippen molar-refractivity contribution >= 4 is 5.82 Å². The summed E-state index contributed by atoms with van der Waals surface area (Å²) in [6.07, 6.45) is 3.51. The second kappa shape index (κ2) is 4.14. The lowest BCUT2D eigenvalue weighted by Gasteiger charge is -2.38. The lowest BCUT2D eigenvalue weighted by Crippen LogP contribution is -2.55. The predicted molar refractivity (Wildman–Crippen MR) is 61.0 cm³/mol. The number of nitrogens with one attached hydrogen (secondary N) is 1. The summed E-state index contributed by atoms with van der Waals surface area (Å²) in [6, 6.07) is 0.999. The molecule has 4 nitrogen and oxygen atoms in total. The summed E-state index contributed by atoms with van der Waals surface area (Å²) in [7, 11) is 0. The molecule has 1 aliphatic heterocycles. The van der Waals surface area contributed by atoms with E-state index in [4.69, 9.17) is 0 Å². The third-order valence-electron chi connectivity index (χ3n) is 2.89. The van der Waals surface area contributed by atoms with Crippen molar-refractivity contribution in [1.29, 1.82) is 0 Å². The monoisotopic (exact) mass is 206 g/mol. The molecule has 0 amide bonds. The Kier molecular flexibility index (Phi) is 2.86. The maximum atomic E-state index is 4.42. The van der Waals surface area contributed by atoms with Gasteiger partial charge in [-0.3, -0.25) is 4.98 Å². The molecule has 82 valence electrons. The highest BCUT2D eigenvalue weighted by Crippen LogP contribution is 2.19. The van der Waals surface area contributed by atoms with Crippen LogP contribution in [0.1, 0.15) is 19.5 Å². The van der Waals surface area contributed by atoms with Gasteiger partial charge >= 0.3 is 0 Å². The molecule has 2 atom stereocenters. The van der Waals surface area contributed by atoms with E-state index in [9.17, 15) is 0 Å². The van der Waals surface area contributed by atoms with Gasteiger partial charge < -0.3 is 10.2 Å². The zero-order valence-electron chi connectivity index (χ0n) is 9.57. The Labute approximate surface area is 90.7 Å². The fourth-order valence-electron chi connectivity index (χ4n) is 2.00. The highest BCUT2D eigenvalue weighted by atomic mass is 15.3. The summed E-state index contributed by atoms with van der Waals surface area (Å²) < 4.78 is 0. The minimum Gasteiger partial charge on any atom is -0.350 e. The molecule has 0 bridgehead atoms. The molecule has 0 spiro atoms. The molecule has 1 aromatic rings. The van der Waals surface area contributed by atoms with E-state index in [2.05, 4.69) is 34.0 Å². The zero-order valence-corrected chi connectivity index (χ0v) is 9.57. The number of anilines is 1. The van der Waals surface area contributed by atoms with E-state index in [0.717, 1.165) is 24.6 Å². The number of rotatable bonds is 1. The fraction of sp³-hybridized carbons (Fsp3) is 0.636. The van der Waals surface area contributed by atoms with Crippen molar-refractivity contribution in [2.24, 2.45) is 0 Å². The van der Waals surface area contributed by atoms with Gasteiger partial charge in [0.2, 0.25) is 0 Å². The first-order valence-corrected chi connectivity index (χ1v) is 5.46. The second-order valence-corrected chi connectivity index (χ2v) is 4.28. The third-order valence-corrected chi connectivity index (χ3v) is 2.89. The topological polar surface area (TPSA) is 41.1 Å². The van der Waals surface area contributed by atoms with Crippen molar-refractivity contribution in [3.8, 4) is 0 Å². The molecule has 1 fully saturated rings. The predicted octanol–water partition coefficient (Wildman–Crippen LogP) is 0.972. The SMILES string of the molecule is Cc1nccnc1N1CC(C)NCC1C. The Bertz CT molecular complexity index is 339. The quantitative estimate of drug-likeness (QED) is 0.743. The van der Waals surface area contributed by atoms with Crippen LogP contribution in [0.3, 0.4) is 0 Å². The molecule has 0 radical (unpaired) electrons. The summed E-state index contributed by atoms with van der Waals surface area (Å²) in [6.45, 7) is 8.44. The van der Waals surface area contributed by atoms with E-state index < -0.39 is 0 Å². The molecule has 2 rings (SSSR count). The first-order chi connectivity index (χ1) is 7.18. The van der Waals surface area contributed by atoms with Crippen molar-refractivity contribution in [3.05, 3.63) is 18.1 Å². The fourth-order valence-corrected chi connectivity index (χ4v) is 2.00. The van der Waals surface area contributed by atoms with E-state index >= 15 is 0 Å². The molecular formula is C11H18N4. The highest BCUT2D eigenvalue weighted by molar-refractivity contribution is 5.44. The van der Waals surface area contributed by atoms with Crippen molar-refractivity contribution < 1.29 is 0 Å². The smallest absolute Gasteiger partial charge is 0.150 e. The van der Waals surface area contributed by atoms with Gasteiger partial charge in [-0.25, -0.2) is 4.98 Å². The largest absolute Gasteiger partial charge is 0.350 e. The van der Waals surface area contributed by atoms with Crippen LogP contribution in [0.5, 0.6) is 0 Å². The third kappa shape index (κ3) is 2.09. The molecule has 0 aromatic carbocycles. The number of aryl methyl sites for hydroxylation is 1. The summed E-state index contributed by atoms with van der Waals surface area (Å²) in [5.41, 5.74) is 1.01. The van der Waals surface area contributed by atoms with E-state index in [1.807, 2.05) is 6.92 Å². The van der Waals surface area contributed by atoms with Crippen LogP contribution in [0.15, 0.2) is 12.4 Å². The lowest BCUT2D eigenvalue weighted by atomic mass is 10.1. The Morgan fingerprint density at radius 2 is 2.07 bits per heavy atom. The van der Waals surface area contributed by atoms with Crippen molar-refractivity contribution in [1.82, 2.24) is 15.3 Å². The summed E-state index contributed by atoms with van der Waals surface area (Å²) >= 11 is 0. The van der Waals surface area contributed by atoms with E-state index in [1.54, 1.807) is 12.4 Å². The Morgan fingerprint density at radius 3 is 2.80 bits per heavy atom. The van der Waals surface area contributed by atoms with E-state index in [0.29, 0.717) is 12.1 Å². The van der Waals surface area contributed by atoms with Crippen LogP contribution in [0.4, 0.5) is 5.82 Å². The number of piperazine rings is 1. The van der Waals surface area contributed by atoms with Crippen LogP contribution >= 0.6 is 0 Å². The minimum absolute atomic E-state index is 0.483. The van der Waals surface area contributed by atoms with E-state index in [-0.39, 0.29) is 0 Å². The van der Waals surface area contributed by atoms with Gasteiger partial charge in [0.25, 0.3) is 0 Å². The maximum absolute atomic E-state index is 4.42. The van der Waals surface area contributed by atoms with Crippen LogP contribution in [0, 0.1) is 6.92 Å². The van der Waals surface area contributed by atoms with Crippen LogP contribution in [-0.2, 0) is 0 Å². The summed E-state index contributed by atoms with van der Waals surface area (Å²) in [5, 5.41) is 3.46. The van der Waals surface area contributed by atoms with Crippen LogP contribution in [0.25, 0.3) is 0 Å². The Morgan fingerprint density at radius 1 is 1.33 bits per heavy atom. The first-order valence-electron chi connectivity index (χ1n) is 5.46. The number of nitrogens with zero attached hydrogens (tertiary/aromatic N) is 3. The molecule has 4 heteroatoms. The second-order valence-electron chi connectivity index (χ2n) is 4.28. The molecule has 1 aromatic heterocycles. The zero-order chi connectivity index (χ0) is 10.8. The van der Waals surface area contributed by atoms with E-state index in [1.165, 1.54) is 0 Å². The van der Waals surface area contributed by atoms with Gasteiger partial charge in [-0.1, -0.05) is 0 Å². The molecular weight excluding hydrogens is 188 g/mol.